The number of hydrogen-bond donors (Lipinski definition) is 1. The van der Waals surface area contributed by atoms with Gasteiger partial charge in [0.15, 0.2) is 0 Å². The van der Waals surface area contributed by atoms with Crippen molar-refractivity contribution in [3.05, 3.63) is 28.2 Å². The van der Waals surface area contributed by atoms with E-state index >= 15 is 0 Å². The van der Waals surface area contributed by atoms with Crippen molar-refractivity contribution < 1.29 is 4.74 Å². The minimum absolute atomic E-state index is 0.350. The van der Waals surface area contributed by atoms with Crippen molar-refractivity contribution in [3.63, 3.8) is 0 Å². The van der Waals surface area contributed by atoms with E-state index in [2.05, 4.69) is 58.3 Å². The molecule has 1 N–H and O–H groups in total. The van der Waals surface area contributed by atoms with Gasteiger partial charge in [-0.05, 0) is 31.7 Å². The molecule has 0 saturated heterocycles. The Bertz CT molecular complexity index is 357. The van der Waals surface area contributed by atoms with Crippen LogP contribution in [0.25, 0.3) is 0 Å². The summed E-state index contributed by atoms with van der Waals surface area (Å²) in [6.07, 6.45) is 0. The second-order valence-corrected chi connectivity index (χ2v) is 4.98. The largest absolute Gasteiger partial charge is 0.383 e. The van der Waals surface area contributed by atoms with E-state index in [9.17, 15) is 0 Å². The maximum atomic E-state index is 5.08. The van der Waals surface area contributed by atoms with Crippen molar-refractivity contribution in [2.24, 2.45) is 0 Å². The summed E-state index contributed by atoms with van der Waals surface area (Å²) < 4.78 is 6.22. The number of benzene rings is 1. The number of likely N-dealkylation sites (N-methyl/N-ethyl adjacent to an activating group) is 1. The van der Waals surface area contributed by atoms with Gasteiger partial charge < -0.3 is 15.0 Å². The lowest BCUT2D eigenvalue weighted by atomic mass is 10.1. The van der Waals surface area contributed by atoms with E-state index in [0.29, 0.717) is 6.04 Å². The van der Waals surface area contributed by atoms with Gasteiger partial charge in [-0.15, -0.1) is 0 Å². The molecule has 17 heavy (non-hydrogen) atoms. The quantitative estimate of drug-likeness (QED) is 0.874. The second-order valence-electron chi connectivity index (χ2n) is 4.13. The van der Waals surface area contributed by atoms with Gasteiger partial charge in [-0.25, -0.2) is 0 Å². The first-order chi connectivity index (χ1) is 8.10. The van der Waals surface area contributed by atoms with Crippen molar-refractivity contribution in [1.82, 2.24) is 5.32 Å². The van der Waals surface area contributed by atoms with Crippen LogP contribution in [0.4, 0.5) is 5.69 Å². The summed E-state index contributed by atoms with van der Waals surface area (Å²) in [5.74, 6) is 0. The first-order valence-corrected chi connectivity index (χ1v) is 6.56. The van der Waals surface area contributed by atoms with Crippen LogP contribution in [0.5, 0.6) is 0 Å². The normalized spacial score (nSPS) is 12.5. The first-order valence-electron chi connectivity index (χ1n) is 5.77. The summed E-state index contributed by atoms with van der Waals surface area (Å²) in [6.45, 7) is 3.78. The van der Waals surface area contributed by atoms with Gasteiger partial charge in [-0.3, -0.25) is 0 Å². The maximum absolute atomic E-state index is 5.08. The monoisotopic (exact) mass is 300 g/mol. The summed E-state index contributed by atoms with van der Waals surface area (Å²) >= 11 is 3.63. The zero-order valence-corrected chi connectivity index (χ0v) is 12.5. The van der Waals surface area contributed by atoms with Crippen LogP contribution in [-0.4, -0.2) is 34.4 Å². The molecule has 0 aliphatic carbocycles. The highest BCUT2D eigenvalue weighted by Gasteiger charge is 2.09. The van der Waals surface area contributed by atoms with E-state index in [-0.39, 0.29) is 0 Å². The third-order valence-corrected chi connectivity index (χ3v) is 3.64. The van der Waals surface area contributed by atoms with E-state index in [0.717, 1.165) is 17.6 Å². The van der Waals surface area contributed by atoms with Crippen LogP contribution in [0.1, 0.15) is 18.5 Å². The van der Waals surface area contributed by atoms with Crippen LogP contribution in [0, 0.1) is 0 Å². The number of nitrogens with zero attached hydrogens (tertiary/aromatic N) is 1. The van der Waals surface area contributed by atoms with Crippen molar-refractivity contribution in [1.29, 1.82) is 0 Å². The second kappa shape index (κ2) is 6.99. The number of anilines is 1. The lowest BCUT2D eigenvalue weighted by Gasteiger charge is -2.21. The summed E-state index contributed by atoms with van der Waals surface area (Å²) in [5, 5.41) is 3.24. The smallest absolute Gasteiger partial charge is 0.0637 e. The highest BCUT2D eigenvalue weighted by atomic mass is 79.9. The van der Waals surface area contributed by atoms with E-state index in [1.165, 1.54) is 11.3 Å². The molecule has 0 radical (unpaired) electrons. The van der Waals surface area contributed by atoms with Crippen LogP contribution in [0.15, 0.2) is 22.7 Å². The van der Waals surface area contributed by atoms with Crippen LogP contribution in [0.2, 0.25) is 0 Å². The molecule has 1 rings (SSSR count). The maximum Gasteiger partial charge on any atom is 0.0637 e. The third-order valence-electron chi connectivity index (χ3n) is 2.96. The number of rotatable bonds is 6. The van der Waals surface area contributed by atoms with Crippen LogP contribution < -0.4 is 10.2 Å². The Morgan fingerprint density at radius 3 is 2.71 bits per heavy atom. The number of hydrogen-bond acceptors (Lipinski definition) is 3. The molecule has 1 aromatic rings. The van der Waals surface area contributed by atoms with E-state index < -0.39 is 0 Å². The number of ether oxygens (including phenoxy) is 1. The van der Waals surface area contributed by atoms with Crippen LogP contribution >= 0.6 is 15.9 Å². The summed E-state index contributed by atoms with van der Waals surface area (Å²) in [6, 6.07) is 6.80. The molecule has 0 saturated carbocycles. The Hall–Kier alpha value is -0.580. The molecule has 0 aliphatic rings. The predicted octanol–water partition coefficient (Wildman–Crippen LogP) is 2.81. The lowest BCUT2D eigenvalue weighted by molar-refractivity contribution is 0.206. The minimum atomic E-state index is 0.350. The van der Waals surface area contributed by atoms with Crippen molar-refractivity contribution in [2.75, 3.05) is 39.3 Å². The van der Waals surface area contributed by atoms with Crippen molar-refractivity contribution >= 4 is 21.6 Å². The molecule has 0 aliphatic heterocycles. The van der Waals surface area contributed by atoms with Gasteiger partial charge in [0.1, 0.15) is 0 Å². The SMILES string of the molecule is CNC(C)c1ccc(N(C)CCOC)cc1Br. The lowest BCUT2D eigenvalue weighted by Crippen LogP contribution is -2.22. The zero-order valence-electron chi connectivity index (χ0n) is 11.0. The fourth-order valence-electron chi connectivity index (χ4n) is 1.62. The molecule has 0 amide bonds. The van der Waals surface area contributed by atoms with Gasteiger partial charge in [0, 0.05) is 36.9 Å². The van der Waals surface area contributed by atoms with Gasteiger partial charge in [-0.1, -0.05) is 22.0 Å². The molecular weight excluding hydrogens is 280 g/mol. The fourth-order valence-corrected chi connectivity index (χ4v) is 2.33. The predicted molar refractivity (Wildman–Crippen MR) is 76.8 cm³/mol. The topological polar surface area (TPSA) is 24.5 Å². The first kappa shape index (κ1) is 14.5. The average molecular weight is 301 g/mol. The number of halogens is 1. The molecule has 96 valence electrons. The van der Waals surface area contributed by atoms with Crippen LogP contribution in [-0.2, 0) is 4.74 Å². The molecule has 1 aromatic carbocycles. The Balaban J connectivity index is 2.81. The van der Waals surface area contributed by atoms with Crippen molar-refractivity contribution in [3.8, 4) is 0 Å². The highest BCUT2D eigenvalue weighted by Crippen LogP contribution is 2.27. The molecule has 0 bridgehead atoms. The van der Waals surface area contributed by atoms with Crippen LogP contribution in [0.3, 0.4) is 0 Å². The van der Waals surface area contributed by atoms with Crippen molar-refractivity contribution in [2.45, 2.75) is 13.0 Å². The van der Waals surface area contributed by atoms with E-state index in [1.807, 2.05) is 7.05 Å². The summed E-state index contributed by atoms with van der Waals surface area (Å²) in [4.78, 5) is 2.18. The van der Waals surface area contributed by atoms with E-state index in [4.69, 9.17) is 4.74 Å². The van der Waals surface area contributed by atoms with Gasteiger partial charge in [0.25, 0.3) is 0 Å². The molecule has 4 heteroatoms. The molecule has 0 spiro atoms. The third kappa shape index (κ3) is 3.98. The van der Waals surface area contributed by atoms with Gasteiger partial charge in [-0.2, -0.15) is 0 Å². The minimum Gasteiger partial charge on any atom is -0.383 e. The van der Waals surface area contributed by atoms with Gasteiger partial charge in [0.05, 0.1) is 6.61 Å². The fraction of sp³-hybridized carbons (Fsp3) is 0.538. The Kier molecular flexibility index (Phi) is 5.95. The summed E-state index contributed by atoms with van der Waals surface area (Å²) in [5.41, 5.74) is 2.47. The number of methoxy groups -OCH3 is 1. The molecule has 3 nitrogen and oxygen atoms in total. The zero-order chi connectivity index (χ0) is 12.8. The van der Waals surface area contributed by atoms with E-state index in [1.54, 1.807) is 7.11 Å². The molecule has 1 atom stereocenters. The standard InChI is InChI=1S/C13H21BrN2O/c1-10(15-2)12-6-5-11(9-13(12)14)16(3)7-8-17-4/h5-6,9-10,15H,7-8H2,1-4H3. The Labute approximate surface area is 112 Å². The molecule has 0 aromatic heterocycles. The average Bonchev–Trinajstić information content (AvgIpc) is 2.34. The Morgan fingerprint density at radius 2 is 2.18 bits per heavy atom. The molecular formula is C13H21BrN2O. The Morgan fingerprint density at radius 1 is 1.47 bits per heavy atom. The molecule has 0 heterocycles. The van der Waals surface area contributed by atoms with Gasteiger partial charge >= 0.3 is 0 Å². The highest BCUT2D eigenvalue weighted by molar-refractivity contribution is 9.10. The molecule has 0 fully saturated rings. The van der Waals surface area contributed by atoms with Gasteiger partial charge in [0.2, 0.25) is 0 Å². The summed E-state index contributed by atoms with van der Waals surface area (Å²) in [7, 11) is 5.76. The number of nitrogens with one attached hydrogen (secondary N) is 1. The molecule has 1 unspecified atom stereocenters.